The van der Waals surface area contributed by atoms with Crippen LogP contribution < -0.4 is 5.73 Å². The number of nitrogens with two attached hydrogens (primary N) is 1. The Hall–Kier alpha value is -0.780. The fourth-order valence-corrected chi connectivity index (χ4v) is 9.59. The molecule has 208 valence electrons. The van der Waals surface area contributed by atoms with Gasteiger partial charge in [0, 0.05) is 13.0 Å². The first-order valence-corrected chi connectivity index (χ1v) is 15.1. The maximum atomic E-state index is 12.3. The average Bonchev–Trinajstić information content (AvgIpc) is 3.15. The predicted octanol–water partition coefficient (Wildman–Crippen LogP) is 2.08. The van der Waals surface area contributed by atoms with Gasteiger partial charge in [-0.3, -0.25) is 9.35 Å². The van der Waals surface area contributed by atoms with Crippen LogP contribution in [0.4, 0.5) is 0 Å². The minimum Gasteiger partial charge on any atom is -0.442 e. The third-order valence-electron chi connectivity index (χ3n) is 11.1. The van der Waals surface area contributed by atoms with Crippen molar-refractivity contribution in [1.29, 1.82) is 0 Å². The Labute approximate surface area is 214 Å². The summed E-state index contributed by atoms with van der Waals surface area (Å²) in [6.45, 7) is 6.01. The molecule has 4 saturated carbocycles. The zero-order chi connectivity index (χ0) is 26.6. The molecule has 0 aromatic heterocycles. The number of rotatable bonds is 7. The van der Waals surface area contributed by atoms with Gasteiger partial charge in [0.2, 0.25) is 5.44 Å². The van der Waals surface area contributed by atoms with Crippen molar-refractivity contribution in [3.05, 3.63) is 0 Å². The SMILES string of the molecule is CC(CCC(=O)OC(CN)S(=O)(=O)O)C1CCC2C3C(O)CC4CC(O)CCC4(C)C3CC(O)C12C. The summed E-state index contributed by atoms with van der Waals surface area (Å²) in [7, 11) is -4.57. The van der Waals surface area contributed by atoms with E-state index in [9.17, 15) is 28.5 Å². The van der Waals surface area contributed by atoms with Crippen LogP contribution in [0.3, 0.4) is 0 Å². The third-order valence-corrected chi connectivity index (χ3v) is 12.1. The minimum atomic E-state index is -4.57. The molecule has 0 radical (unpaired) electrons. The van der Waals surface area contributed by atoms with Crippen LogP contribution in [-0.2, 0) is 19.6 Å². The molecule has 0 aromatic carbocycles. The van der Waals surface area contributed by atoms with Crippen LogP contribution >= 0.6 is 0 Å². The second-order valence-electron chi connectivity index (χ2n) is 12.7. The maximum Gasteiger partial charge on any atom is 0.307 e. The summed E-state index contributed by atoms with van der Waals surface area (Å²) in [6.07, 6.45) is 4.84. The van der Waals surface area contributed by atoms with Crippen molar-refractivity contribution in [3.63, 3.8) is 0 Å². The second kappa shape index (κ2) is 10.1. The molecule has 4 fully saturated rings. The van der Waals surface area contributed by atoms with Crippen molar-refractivity contribution in [2.75, 3.05) is 6.54 Å². The molecule has 12 unspecified atom stereocenters. The fraction of sp³-hybridized carbons (Fsp3) is 0.962. The molecule has 0 aromatic rings. The van der Waals surface area contributed by atoms with Gasteiger partial charge < -0.3 is 25.8 Å². The molecule has 36 heavy (non-hydrogen) atoms. The van der Waals surface area contributed by atoms with Gasteiger partial charge in [0.25, 0.3) is 0 Å². The van der Waals surface area contributed by atoms with Gasteiger partial charge in [-0.1, -0.05) is 20.8 Å². The van der Waals surface area contributed by atoms with Gasteiger partial charge in [0.1, 0.15) is 0 Å². The van der Waals surface area contributed by atoms with E-state index in [1.54, 1.807) is 0 Å². The molecule has 0 spiro atoms. The molecule has 0 saturated heterocycles. The summed E-state index contributed by atoms with van der Waals surface area (Å²) in [4.78, 5) is 12.3. The Bertz CT molecular complexity index is 929. The third kappa shape index (κ3) is 4.75. The molecule has 0 heterocycles. The lowest BCUT2D eigenvalue weighted by Crippen LogP contribution is -2.62. The molecule has 4 aliphatic rings. The lowest BCUT2D eigenvalue weighted by molar-refractivity contribution is -0.207. The van der Waals surface area contributed by atoms with E-state index in [1.165, 1.54) is 0 Å². The van der Waals surface area contributed by atoms with Gasteiger partial charge in [-0.15, -0.1) is 0 Å². The number of carbonyl (C=O) groups is 1. The second-order valence-corrected chi connectivity index (χ2v) is 14.3. The molecular weight excluding hydrogens is 486 g/mol. The topological polar surface area (TPSA) is 167 Å². The standard InChI is InChI=1S/C26H45NO8S/c1-14(4-7-22(31)35-23(13-27)36(32,33)34)17-5-6-18-24-19(12-21(30)26(17,18)3)25(2)9-8-16(28)10-15(25)11-20(24)29/h14-21,23-24,28-30H,4-13,27H2,1-3H3,(H,32,33,34). The van der Waals surface area contributed by atoms with Gasteiger partial charge in [-0.25, -0.2) is 0 Å². The molecule has 0 aliphatic heterocycles. The highest BCUT2D eigenvalue weighted by atomic mass is 32.2. The summed E-state index contributed by atoms with van der Waals surface area (Å²) in [5, 5.41) is 33.3. The molecule has 12 atom stereocenters. The highest BCUT2D eigenvalue weighted by Gasteiger charge is 2.65. The van der Waals surface area contributed by atoms with Gasteiger partial charge >= 0.3 is 16.1 Å². The van der Waals surface area contributed by atoms with Crippen LogP contribution in [0.15, 0.2) is 0 Å². The first-order valence-electron chi connectivity index (χ1n) is 13.6. The maximum absolute atomic E-state index is 12.3. The highest BCUT2D eigenvalue weighted by Crippen LogP contribution is 2.68. The fourth-order valence-electron chi connectivity index (χ4n) is 9.11. The Kier molecular flexibility index (Phi) is 7.90. The summed E-state index contributed by atoms with van der Waals surface area (Å²) >= 11 is 0. The van der Waals surface area contributed by atoms with Crippen molar-refractivity contribution in [2.24, 2.45) is 52.1 Å². The van der Waals surface area contributed by atoms with Gasteiger partial charge in [0.05, 0.1) is 18.3 Å². The van der Waals surface area contributed by atoms with Crippen molar-refractivity contribution in [1.82, 2.24) is 0 Å². The van der Waals surface area contributed by atoms with Crippen LogP contribution in [0.2, 0.25) is 0 Å². The number of carbonyl (C=O) groups excluding carboxylic acids is 1. The van der Waals surface area contributed by atoms with Gasteiger partial charge in [-0.05, 0) is 97.7 Å². The summed E-state index contributed by atoms with van der Waals surface area (Å²) in [5.41, 5.74) is 3.20. The molecule has 9 nitrogen and oxygen atoms in total. The molecule has 0 bridgehead atoms. The van der Waals surface area contributed by atoms with Crippen molar-refractivity contribution in [3.8, 4) is 0 Å². The van der Waals surface area contributed by atoms with Gasteiger partial charge in [0.15, 0.2) is 0 Å². The van der Waals surface area contributed by atoms with Crippen molar-refractivity contribution < 1.29 is 37.8 Å². The monoisotopic (exact) mass is 531 g/mol. The average molecular weight is 532 g/mol. The number of fused-ring (bicyclic) bond motifs is 5. The summed E-state index contributed by atoms with van der Waals surface area (Å²) < 4.78 is 36.6. The summed E-state index contributed by atoms with van der Waals surface area (Å²) in [6, 6.07) is 0. The number of hydrogen-bond acceptors (Lipinski definition) is 8. The quantitative estimate of drug-likeness (QED) is 0.244. The number of aliphatic hydroxyl groups is 3. The molecular formula is C26H45NO8S. The van der Waals surface area contributed by atoms with E-state index in [0.29, 0.717) is 19.3 Å². The molecule has 0 amide bonds. The van der Waals surface area contributed by atoms with Crippen LogP contribution in [0.1, 0.15) is 78.6 Å². The zero-order valence-corrected chi connectivity index (χ0v) is 22.6. The Morgan fingerprint density at radius 1 is 1.08 bits per heavy atom. The lowest BCUT2D eigenvalue weighted by Gasteiger charge is -2.63. The Morgan fingerprint density at radius 3 is 2.42 bits per heavy atom. The van der Waals surface area contributed by atoms with Gasteiger partial charge in [-0.2, -0.15) is 8.42 Å². The Morgan fingerprint density at radius 2 is 1.78 bits per heavy atom. The number of hydrogen-bond donors (Lipinski definition) is 5. The molecule has 10 heteroatoms. The summed E-state index contributed by atoms with van der Waals surface area (Å²) in [5.74, 6) is 0.322. The van der Waals surface area contributed by atoms with E-state index in [2.05, 4.69) is 20.8 Å². The van der Waals surface area contributed by atoms with E-state index >= 15 is 0 Å². The molecule has 4 aliphatic carbocycles. The smallest absolute Gasteiger partial charge is 0.307 e. The van der Waals surface area contributed by atoms with E-state index in [0.717, 1.165) is 32.1 Å². The van der Waals surface area contributed by atoms with E-state index < -0.39 is 40.3 Å². The van der Waals surface area contributed by atoms with E-state index in [-0.39, 0.29) is 58.9 Å². The largest absolute Gasteiger partial charge is 0.442 e. The van der Waals surface area contributed by atoms with Crippen LogP contribution in [0.5, 0.6) is 0 Å². The number of aliphatic hydroxyl groups excluding tert-OH is 3. The zero-order valence-electron chi connectivity index (χ0n) is 21.8. The molecule has 4 rings (SSSR count). The van der Waals surface area contributed by atoms with Crippen LogP contribution in [-0.4, -0.2) is 64.6 Å². The number of esters is 1. The van der Waals surface area contributed by atoms with Crippen LogP contribution in [0, 0.1) is 46.3 Å². The predicted molar refractivity (Wildman–Crippen MR) is 133 cm³/mol. The van der Waals surface area contributed by atoms with E-state index in [4.69, 9.17) is 15.0 Å². The van der Waals surface area contributed by atoms with Crippen molar-refractivity contribution in [2.45, 2.75) is 102 Å². The molecule has 6 N–H and O–H groups in total. The lowest BCUT2D eigenvalue weighted by atomic mass is 9.43. The highest BCUT2D eigenvalue weighted by molar-refractivity contribution is 7.86. The van der Waals surface area contributed by atoms with Crippen molar-refractivity contribution >= 4 is 16.1 Å². The first-order chi connectivity index (χ1) is 16.7. The Balaban J connectivity index is 1.46. The number of ether oxygens (including phenoxy) is 1. The minimum absolute atomic E-state index is 0.00269. The first kappa shape index (κ1) is 28.2. The van der Waals surface area contributed by atoms with Crippen LogP contribution in [0.25, 0.3) is 0 Å². The normalized spacial score (nSPS) is 46.2. The van der Waals surface area contributed by atoms with E-state index in [1.807, 2.05) is 0 Å².